The van der Waals surface area contributed by atoms with E-state index in [-0.39, 0.29) is 5.91 Å². The molecule has 4 heteroatoms. The summed E-state index contributed by atoms with van der Waals surface area (Å²) in [5, 5.41) is 0. The molecule has 0 spiro atoms. The highest BCUT2D eigenvalue weighted by Crippen LogP contribution is 2.25. The van der Waals surface area contributed by atoms with Gasteiger partial charge < -0.3 is 10.6 Å². The monoisotopic (exact) mass is 241 g/mol. The van der Waals surface area contributed by atoms with Crippen molar-refractivity contribution in [1.82, 2.24) is 9.80 Å². The number of hydrogen-bond donors (Lipinski definition) is 1. The van der Waals surface area contributed by atoms with E-state index < -0.39 is 0 Å². The largest absolute Gasteiger partial charge is 0.342 e. The summed E-state index contributed by atoms with van der Waals surface area (Å²) in [4.78, 5) is 16.2. The Kier molecular flexibility index (Phi) is 5.92. The van der Waals surface area contributed by atoms with Crippen LogP contribution in [-0.4, -0.2) is 55.0 Å². The van der Waals surface area contributed by atoms with E-state index in [1.54, 1.807) is 0 Å². The predicted octanol–water partition coefficient (Wildman–Crippen LogP) is 0.914. The second kappa shape index (κ2) is 6.97. The van der Waals surface area contributed by atoms with Gasteiger partial charge in [0.05, 0.1) is 6.54 Å². The molecule has 0 aromatic carbocycles. The van der Waals surface area contributed by atoms with Crippen LogP contribution in [0, 0.1) is 5.92 Å². The Morgan fingerprint density at radius 2 is 2.06 bits per heavy atom. The Morgan fingerprint density at radius 1 is 1.41 bits per heavy atom. The molecule has 1 aliphatic rings. The quantitative estimate of drug-likeness (QED) is 0.687. The molecule has 0 radical (unpaired) electrons. The Labute approximate surface area is 105 Å². The fraction of sp³-hybridized carbons (Fsp3) is 0.923. The summed E-state index contributed by atoms with van der Waals surface area (Å²) in [5.74, 6) is 0.844. The first-order chi connectivity index (χ1) is 8.04. The molecule has 2 N–H and O–H groups in total. The fourth-order valence-electron chi connectivity index (χ4n) is 2.03. The minimum atomic E-state index is 0.255. The van der Waals surface area contributed by atoms with E-state index in [4.69, 9.17) is 5.73 Å². The zero-order chi connectivity index (χ0) is 12.8. The molecule has 0 aliphatic heterocycles. The van der Waals surface area contributed by atoms with Crippen molar-refractivity contribution in [1.29, 1.82) is 0 Å². The van der Waals surface area contributed by atoms with E-state index in [0.717, 1.165) is 19.5 Å². The van der Waals surface area contributed by atoms with E-state index in [1.165, 1.54) is 12.8 Å². The van der Waals surface area contributed by atoms with Crippen molar-refractivity contribution >= 4 is 5.91 Å². The first-order valence-corrected chi connectivity index (χ1v) is 6.72. The van der Waals surface area contributed by atoms with Crippen LogP contribution in [0.4, 0.5) is 0 Å². The lowest BCUT2D eigenvalue weighted by atomic mass is 10.2. The normalized spacial score (nSPS) is 15.6. The molecule has 0 aromatic heterocycles. The molecule has 0 heterocycles. The van der Waals surface area contributed by atoms with Crippen LogP contribution < -0.4 is 5.73 Å². The Balaban J connectivity index is 2.37. The van der Waals surface area contributed by atoms with E-state index in [9.17, 15) is 4.79 Å². The molecule has 1 aliphatic carbocycles. The summed E-state index contributed by atoms with van der Waals surface area (Å²) >= 11 is 0. The average molecular weight is 241 g/mol. The van der Waals surface area contributed by atoms with Crippen molar-refractivity contribution in [3.05, 3.63) is 0 Å². The van der Waals surface area contributed by atoms with Gasteiger partial charge in [-0.3, -0.25) is 9.69 Å². The summed E-state index contributed by atoms with van der Waals surface area (Å²) in [6.07, 6.45) is 3.32. The third-order valence-corrected chi connectivity index (χ3v) is 3.15. The van der Waals surface area contributed by atoms with Crippen LogP contribution >= 0.6 is 0 Å². The van der Waals surface area contributed by atoms with Crippen molar-refractivity contribution in [2.24, 2.45) is 11.7 Å². The summed E-state index contributed by atoms with van der Waals surface area (Å²) in [7, 11) is 1.93. The zero-order valence-corrected chi connectivity index (χ0v) is 11.5. The van der Waals surface area contributed by atoms with Crippen LogP contribution in [0.1, 0.15) is 33.1 Å². The Morgan fingerprint density at radius 3 is 2.53 bits per heavy atom. The van der Waals surface area contributed by atoms with Crippen LogP contribution in [0.25, 0.3) is 0 Å². The van der Waals surface area contributed by atoms with Gasteiger partial charge in [-0.25, -0.2) is 0 Å². The highest BCUT2D eigenvalue weighted by Gasteiger charge is 2.30. The second-order valence-corrected chi connectivity index (χ2v) is 5.51. The lowest BCUT2D eigenvalue weighted by molar-refractivity contribution is -0.131. The SMILES string of the molecule is CC(C)CN(CCCN)CC(=O)N(C)C1CC1. The number of hydrogen-bond acceptors (Lipinski definition) is 3. The van der Waals surface area contributed by atoms with Crippen LogP contribution in [0.5, 0.6) is 0 Å². The molecule has 0 aromatic rings. The van der Waals surface area contributed by atoms with Crippen molar-refractivity contribution in [2.75, 3.05) is 33.2 Å². The van der Waals surface area contributed by atoms with Crippen molar-refractivity contribution in [3.63, 3.8) is 0 Å². The number of likely N-dealkylation sites (N-methyl/N-ethyl adjacent to an activating group) is 1. The van der Waals surface area contributed by atoms with Crippen LogP contribution in [0.15, 0.2) is 0 Å². The molecule has 0 saturated heterocycles. The predicted molar refractivity (Wildman–Crippen MR) is 70.7 cm³/mol. The summed E-state index contributed by atoms with van der Waals surface area (Å²) in [6.45, 7) is 7.52. The van der Waals surface area contributed by atoms with Gasteiger partial charge in [0.1, 0.15) is 0 Å². The smallest absolute Gasteiger partial charge is 0.236 e. The standard InChI is InChI=1S/C13H27N3O/c1-11(2)9-16(8-4-7-14)10-13(17)15(3)12-5-6-12/h11-12H,4-10,14H2,1-3H3. The van der Waals surface area contributed by atoms with E-state index >= 15 is 0 Å². The molecule has 0 unspecified atom stereocenters. The zero-order valence-electron chi connectivity index (χ0n) is 11.5. The first-order valence-electron chi connectivity index (χ1n) is 6.72. The average Bonchev–Trinajstić information content (AvgIpc) is 3.07. The first kappa shape index (κ1) is 14.5. The van der Waals surface area contributed by atoms with Crippen molar-refractivity contribution < 1.29 is 4.79 Å². The fourth-order valence-corrected chi connectivity index (χ4v) is 2.03. The van der Waals surface area contributed by atoms with Gasteiger partial charge in [0.15, 0.2) is 0 Å². The van der Waals surface area contributed by atoms with Gasteiger partial charge in [-0.05, 0) is 38.3 Å². The van der Waals surface area contributed by atoms with Gasteiger partial charge in [-0.15, -0.1) is 0 Å². The molecule has 1 fully saturated rings. The number of nitrogens with zero attached hydrogens (tertiary/aromatic N) is 2. The minimum absolute atomic E-state index is 0.255. The van der Waals surface area contributed by atoms with Gasteiger partial charge in [-0.1, -0.05) is 13.8 Å². The molecule has 100 valence electrons. The molecule has 1 saturated carbocycles. The number of rotatable bonds is 8. The van der Waals surface area contributed by atoms with Crippen LogP contribution in [0.2, 0.25) is 0 Å². The van der Waals surface area contributed by atoms with Crippen molar-refractivity contribution in [2.45, 2.75) is 39.2 Å². The number of carbonyl (C=O) groups is 1. The van der Waals surface area contributed by atoms with Gasteiger partial charge in [0.2, 0.25) is 5.91 Å². The summed E-state index contributed by atoms with van der Waals surface area (Å²) in [5.41, 5.74) is 5.53. The van der Waals surface area contributed by atoms with Gasteiger partial charge in [0, 0.05) is 19.6 Å². The Hall–Kier alpha value is -0.610. The molecule has 1 rings (SSSR count). The molecule has 0 atom stereocenters. The minimum Gasteiger partial charge on any atom is -0.342 e. The van der Waals surface area contributed by atoms with Crippen molar-refractivity contribution in [3.8, 4) is 0 Å². The third kappa shape index (κ3) is 5.50. The number of nitrogens with two attached hydrogens (primary N) is 1. The van der Waals surface area contributed by atoms with E-state index in [1.807, 2.05) is 11.9 Å². The highest BCUT2D eigenvalue weighted by molar-refractivity contribution is 5.78. The molecule has 4 nitrogen and oxygen atoms in total. The maximum atomic E-state index is 12.0. The third-order valence-electron chi connectivity index (χ3n) is 3.15. The second-order valence-electron chi connectivity index (χ2n) is 5.51. The van der Waals surface area contributed by atoms with E-state index in [0.29, 0.717) is 25.0 Å². The summed E-state index contributed by atoms with van der Waals surface area (Å²) in [6, 6.07) is 0.512. The Bertz CT molecular complexity index is 239. The summed E-state index contributed by atoms with van der Waals surface area (Å²) < 4.78 is 0. The lowest BCUT2D eigenvalue weighted by Crippen LogP contribution is -2.41. The highest BCUT2D eigenvalue weighted by atomic mass is 16.2. The maximum Gasteiger partial charge on any atom is 0.236 e. The number of amides is 1. The van der Waals surface area contributed by atoms with Crippen LogP contribution in [-0.2, 0) is 4.79 Å². The molecule has 17 heavy (non-hydrogen) atoms. The molecule has 0 bridgehead atoms. The van der Waals surface area contributed by atoms with Crippen LogP contribution in [0.3, 0.4) is 0 Å². The lowest BCUT2D eigenvalue weighted by Gasteiger charge is -2.26. The van der Waals surface area contributed by atoms with E-state index in [2.05, 4.69) is 18.7 Å². The van der Waals surface area contributed by atoms with Gasteiger partial charge >= 0.3 is 0 Å². The topological polar surface area (TPSA) is 49.6 Å². The molecular weight excluding hydrogens is 214 g/mol. The molecule has 1 amide bonds. The van der Waals surface area contributed by atoms with Gasteiger partial charge in [0.25, 0.3) is 0 Å². The number of carbonyl (C=O) groups excluding carboxylic acids is 1. The maximum absolute atomic E-state index is 12.0. The molecular formula is C13H27N3O. The van der Waals surface area contributed by atoms with Gasteiger partial charge in [-0.2, -0.15) is 0 Å².